The van der Waals surface area contributed by atoms with E-state index >= 15 is 0 Å². The first-order chi connectivity index (χ1) is 13.8. The Hall–Kier alpha value is -1.15. The van der Waals surface area contributed by atoms with Crippen molar-refractivity contribution in [1.82, 2.24) is 0 Å². The van der Waals surface area contributed by atoms with E-state index in [9.17, 15) is 9.90 Å². The van der Waals surface area contributed by atoms with Crippen molar-refractivity contribution in [2.75, 3.05) is 0 Å². The van der Waals surface area contributed by atoms with Gasteiger partial charge in [0, 0.05) is 11.8 Å². The van der Waals surface area contributed by atoms with Crippen LogP contribution in [-0.4, -0.2) is 16.5 Å². The molecule has 4 aliphatic rings. The fourth-order valence-electron chi connectivity index (χ4n) is 8.34. The average molecular weight is 395 g/mol. The Kier molecular flexibility index (Phi) is 4.74. The number of ketones is 1. The molecule has 0 aliphatic heterocycles. The molecule has 0 radical (unpaired) electrons. The number of rotatable bonds is 3. The summed E-state index contributed by atoms with van der Waals surface area (Å²) in [7, 11) is 0. The molecule has 0 spiro atoms. The van der Waals surface area contributed by atoms with Gasteiger partial charge in [-0.15, -0.1) is 0 Å². The Morgan fingerprint density at radius 2 is 1.76 bits per heavy atom. The van der Waals surface area contributed by atoms with Crippen LogP contribution in [0.5, 0.6) is 0 Å². The molecule has 29 heavy (non-hydrogen) atoms. The number of Topliss-reactive ketones (excluding diaryl/α,β-unsaturated/α-hetero) is 1. The van der Waals surface area contributed by atoms with Crippen LogP contribution in [0.25, 0.3) is 0 Å². The highest BCUT2D eigenvalue weighted by Gasteiger charge is 2.61. The van der Waals surface area contributed by atoms with E-state index < -0.39 is 5.60 Å². The van der Waals surface area contributed by atoms with E-state index in [0.29, 0.717) is 23.0 Å². The van der Waals surface area contributed by atoms with Crippen LogP contribution in [0.1, 0.15) is 83.6 Å². The number of hydrogen-bond acceptors (Lipinski definition) is 2. The summed E-state index contributed by atoms with van der Waals surface area (Å²) in [5.74, 6) is 3.35. The first-order valence-electron chi connectivity index (χ1n) is 12.1. The van der Waals surface area contributed by atoms with Gasteiger partial charge in [-0.3, -0.25) is 4.79 Å². The zero-order valence-corrected chi connectivity index (χ0v) is 18.3. The third kappa shape index (κ3) is 3.12. The minimum atomic E-state index is -0.487. The molecule has 0 unspecified atom stereocenters. The molecule has 1 N–H and O–H groups in total. The lowest BCUT2D eigenvalue weighted by Gasteiger charge is -2.61. The van der Waals surface area contributed by atoms with Crippen molar-refractivity contribution in [3.63, 3.8) is 0 Å². The molecule has 0 aromatic heterocycles. The van der Waals surface area contributed by atoms with Crippen LogP contribution < -0.4 is 0 Å². The molecule has 4 fully saturated rings. The third-order valence-corrected chi connectivity index (χ3v) is 10.3. The van der Waals surface area contributed by atoms with Gasteiger partial charge >= 0.3 is 0 Å². The minimum absolute atomic E-state index is 0.0184. The van der Waals surface area contributed by atoms with Gasteiger partial charge in [-0.2, -0.15) is 0 Å². The number of aryl methyl sites for hydroxylation is 1. The second-order valence-corrected chi connectivity index (χ2v) is 11.5. The summed E-state index contributed by atoms with van der Waals surface area (Å²) in [6.07, 6.45) is 11.8. The van der Waals surface area contributed by atoms with Gasteiger partial charge in [-0.1, -0.05) is 44.2 Å². The lowest BCUT2D eigenvalue weighted by atomic mass is 9.44. The fraction of sp³-hybridized carbons (Fsp3) is 0.741. The normalized spacial score (nSPS) is 46.7. The Morgan fingerprint density at radius 1 is 0.966 bits per heavy atom. The Balaban J connectivity index is 1.30. The van der Waals surface area contributed by atoms with E-state index in [-0.39, 0.29) is 5.41 Å². The quantitative estimate of drug-likeness (QED) is 0.686. The van der Waals surface area contributed by atoms with Gasteiger partial charge in [0.25, 0.3) is 0 Å². The molecule has 7 atom stereocenters. The zero-order chi connectivity index (χ0) is 20.3. The maximum absolute atomic E-state index is 12.6. The summed E-state index contributed by atoms with van der Waals surface area (Å²) in [6, 6.07) is 10.6. The van der Waals surface area contributed by atoms with Gasteiger partial charge in [0.15, 0.2) is 0 Å². The lowest BCUT2D eigenvalue weighted by Crippen LogP contribution is -2.56. The second kappa shape index (κ2) is 6.94. The lowest BCUT2D eigenvalue weighted by molar-refractivity contribution is -0.154. The molecular weight excluding hydrogens is 356 g/mol. The molecule has 0 saturated heterocycles. The maximum Gasteiger partial charge on any atom is 0.139 e. The predicted octanol–water partition coefficient (Wildman–Crippen LogP) is 5.96. The van der Waals surface area contributed by atoms with Gasteiger partial charge < -0.3 is 5.11 Å². The molecule has 1 aromatic carbocycles. The predicted molar refractivity (Wildman–Crippen MR) is 116 cm³/mol. The summed E-state index contributed by atoms with van der Waals surface area (Å²) in [5, 5.41) is 11.5. The van der Waals surface area contributed by atoms with Crippen LogP contribution in [-0.2, 0) is 11.2 Å². The molecule has 5 rings (SSSR count). The summed E-state index contributed by atoms with van der Waals surface area (Å²) in [5.41, 5.74) is 1.21. The fourth-order valence-corrected chi connectivity index (χ4v) is 8.34. The van der Waals surface area contributed by atoms with E-state index in [1.54, 1.807) is 0 Å². The molecule has 2 nitrogen and oxygen atoms in total. The highest BCUT2D eigenvalue weighted by molar-refractivity contribution is 5.87. The van der Waals surface area contributed by atoms with E-state index in [1.165, 1.54) is 31.2 Å². The second-order valence-electron chi connectivity index (χ2n) is 11.5. The van der Waals surface area contributed by atoms with Crippen LogP contribution >= 0.6 is 0 Å². The van der Waals surface area contributed by atoms with Crippen molar-refractivity contribution in [2.24, 2.45) is 34.5 Å². The average Bonchev–Trinajstić information content (AvgIpc) is 3.03. The SMILES string of the molecule is C[C@]12CC[C@](O)(CCc3ccccc3)C[C@@H]1CC[C@@H]1[C@@H]2CC[C@]2(C)C(=O)CC[C@@H]12. The standard InChI is InChI=1S/C27H38O2/c1-25-16-17-27(29,15-12-19-6-4-3-5-7-19)18-20(25)8-9-21-22-10-11-24(28)26(22,2)14-13-23(21)25/h3-7,20-23,29H,8-18H2,1-2H3/t20-,21-,22-,23-,25-,26-,27+/m0/s1. The topological polar surface area (TPSA) is 37.3 Å². The van der Waals surface area contributed by atoms with Crippen LogP contribution in [0.2, 0.25) is 0 Å². The summed E-state index contributed by atoms with van der Waals surface area (Å²) < 4.78 is 0. The number of aliphatic hydroxyl groups is 1. The van der Waals surface area contributed by atoms with Gasteiger partial charge in [0.2, 0.25) is 0 Å². The van der Waals surface area contributed by atoms with Gasteiger partial charge in [-0.05, 0) is 98.9 Å². The molecule has 1 aromatic rings. The van der Waals surface area contributed by atoms with E-state index in [4.69, 9.17) is 0 Å². The summed E-state index contributed by atoms with van der Waals surface area (Å²) in [6.45, 7) is 4.82. The van der Waals surface area contributed by atoms with E-state index in [2.05, 4.69) is 44.2 Å². The van der Waals surface area contributed by atoms with Crippen molar-refractivity contribution >= 4 is 5.78 Å². The molecule has 158 valence electrons. The van der Waals surface area contributed by atoms with Crippen molar-refractivity contribution < 1.29 is 9.90 Å². The molecule has 0 bridgehead atoms. The molecule has 2 heteroatoms. The minimum Gasteiger partial charge on any atom is -0.390 e. The molecule has 0 amide bonds. The van der Waals surface area contributed by atoms with Crippen molar-refractivity contribution in [2.45, 2.75) is 90.1 Å². The molecule has 0 heterocycles. The monoisotopic (exact) mass is 394 g/mol. The maximum atomic E-state index is 12.6. The molecule has 4 saturated carbocycles. The molecule has 4 aliphatic carbocycles. The van der Waals surface area contributed by atoms with E-state index in [0.717, 1.165) is 56.8 Å². The zero-order valence-electron chi connectivity index (χ0n) is 18.3. The van der Waals surface area contributed by atoms with Crippen LogP contribution in [0, 0.1) is 34.5 Å². The Bertz CT molecular complexity index is 772. The van der Waals surface area contributed by atoms with Gasteiger partial charge in [-0.25, -0.2) is 0 Å². The largest absolute Gasteiger partial charge is 0.390 e. The van der Waals surface area contributed by atoms with E-state index in [1.807, 2.05) is 0 Å². The number of hydrogen-bond donors (Lipinski definition) is 1. The van der Waals surface area contributed by atoms with Crippen LogP contribution in [0.4, 0.5) is 0 Å². The van der Waals surface area contributed by atoms with Crippen LogP contribution in [0.3, 0.4) is 0 Å². The first-order valence-corrected chi connectivity index (χ1v) is 12.1. The van der Waals surface area contributed by atoms with Crippen molar-refractivity contribution in [3.8, 4) is 0 Å². The van der Waals surface area contributed by atoms with Gasteiger partial charge in [0.05, 0.1) is 5.60 Å². The number of carbonyl (C=O) groups is 1. The first kappa shape index (κ1) is 19.8. The summed E-state index contributed by atoms with van der Waals surface area (Å²) >= 11 is 0. The third-order valence-electron chi connectivity index (χ3n) is 10.3. The number of benzene rings is 1. The van der Waals surface area contributed by atoms with Gasteiger partial charge in [0.1, 0.15) is 5.78 Å². The smallest absolute Gasteiger partial charge is 0.139 e. The highest BCUT2D eigenvalue weighted by Crippen LogP contribution is 2.66. The molecular formula is C27H38O2. The Labute approximate surface area is 176 Å². The highest BCUT2D eigenvalue weighted by atomic mass is 16.3. The van der Waals surface area contributed by atoms with Crippen LogP contribution in [0.15, 0.2) is 30.3 Å². The summed E-state index contributed by atoms with van der Waals surface area (Å²) in [4.78, 5) is 12.6. The number of fused-ring (bicyclic) bond motifs is 5. The van der Waals surface area contributed by atoms with Crippen molar-refractivity contribution in [1.29, 1.82) is 0 Å². The number of carbonyl (C=O) groups excluding carboxylic acids is 1. The van der Waals surface area contributed by atoms with Crippen molar-refractivity contribution in [3.05, 3.63) is 35.9 Å². The Morgan fingerprint density at radius 3 is 2.55 bits per heavy atom.